The third-order valence-electron chi connectivity index (χ3n) is 2.91. The quantitative estimate of drug-likeness (QED) is 0.665. The minimum atomic E-state index is -0.155. The largest absolute Gasteiger partial charge is 0.539 e. The van der Waals surface area contributed by atoms with Crippen molar-refractivity contribution in [3.05, 3.63) is 11.8 Å². The smallest absolute Gasteiger partial charge is 0.525 e. The molecule has 17 heavy (non-hydrogen) atoms. The van der Waals surface area contributed by atoms with Gasteiger partial charge in [-0.05, 0) is 37.6 Å². The second-order valence-corrected chi connectivity index (χ2v) is 6.19. The summed E-state index contributed by atoms with van der Waals surface area (Å²) in [5, 5.41) is 0. The zero-order chi connectivity index (χ0) is 13.1. The summed E-state index contributed by atoms with van der Waals surface area (Å²) in [6.45, 7) is 13.2. The Balaban J connectivity index is 2.81. The van der Waals surface area contributed by atoms with Crippen LogP contribution in [0.3, 0.4) is 0 Å². The maximum atomic E-state index is 6.05. The van der Waals surface area contributed by atoms with Crippen LogP contribution in [0.1, 0.15) is 54.4 Å². The molecule has 1 unspecified atom stereocenters. The van der Waals surface area contributed by atoms with Gasteiger partial charge in [0.05, 0.1) is 11.4 Å². The summed E-state index contributed by atoms with van der Waals surface area (Å²) < 4.78 is 11.9. The van der Waals surface area contributed by atoms with E-state index < -0.39 is 0 Å². The van der Waals surface area contributed by atoms with Crippen LogP contribution in [0.15, 0.2) is 11.8 Å². The van der Waals surface area contributed by atoms with Gasteiger partial charge >= 0.3 is 7.12 Å². The van der Waals surface area contributed by atoms with E-state index in [2.05, 4.69) is 47.6 Å². The summed E-state index contributed by atoms with van der Waals surface area (Å²) in [6, 6.07) is 0. The normalized spacial score (nSPS) is 25.2. The molecule has 0 saturated carbocycles. The number of hydrogen-bond donors (Lipinski definition) is 0. The van der Waals surface area contributed by atoms with E-state index >= 15 is 0 Å². The first-order chi connectivity index (χ1) is 7.84. The summed E-state index contributed by atoms with van der Waals surface area (Å²) >= 11 is 0. The Morgan fingerprint density at radius 1 is 1.24 bits per heavy atom. The zero-order valence-electron chi connectivity index (χ0n) is 12.2. The van der Waals surface area contributed by atoms with E-state index in [1.165, 1.54) is 0 Å². The van der Waals surface area contributed by atoms with Crippen molar-refractivity contribution in [3.63, 3.8) is 0 Å². The molecule has 0 aromatic heterocycles. The molecular formula is C14H27BO2. The van der Waals surface area contributed by atoms with Crippen molar-refractivity contribution in [1.82, 2.24) is 0 Å². The molecule has 1 heterocycles. The summed E-state index contributed by atoms with van der Waals surface area (Å²) in [7, 11) is -0.0718. The second kappa shape index (κ2) is 5.95. The van der Waals surface area contributed by atoms with E-state index in [1.54, 1.807) is 0 Å². The molecule has 0 bridgehead atoms. The van der Waals surface area contributed by atoms with E-state index in [0.717, 1.165) is 24.9 Å². The third kappa shape index (κ3) is 4.75. The highest BCUT2D eigenvalue weighted by Crippen LogP contribution is 2.32. The van der Waals surface area contributed by atoms with Gasteiger partial charge in [-0.15, -0.1) is 0 Å². The first kappa shape index (κ1) is 14.6. The van der Waals surface area contributed by atoms with Crippen LogP contribution in [0.5, 0.6) is 0 Å². The molecule has 1 atom stereocenters. The van der Waals surface area contributed by atoms with Gasteiger partial charge in [0, 0.05) is 6.42 Å². The van der Waals surface area contributed by atoms with E-state index in [1.807, 2.05) is 0 Å². The van der Waals surface area contributed by atoms with E-state index in [4.69, 9.17) is 9.31 Å². The lowest BCUT2D eigenvalue weighted by Gasteiger charge is -2.37. The Morgan fingerprint density at radius 3 is 2.35 bits per heavy atom. The van der Waals surface area contributed by atoms with Crippen molar-refractivity contribution in [3.8, 4) is 0 Å². The molecule has 0 saturated heterocycles. The molecule has 0 aliphatic carbocycles. The fraction of sp³-hybridized carbons (Fsp3) is 0.857. The van der Waals surface area contributed by atoms with Gasteiger partial charge in [0.15, 0.2) is 0 Å². The fourth-order valence-electron chi connectivity index (χ4n) is 2.50. The van der Waals surface area contributed by atoms with Crippen LogP contribution >= 0.6 is 0 Å². The lowest BCUT2D eigenvalue weighted by atomic mass is 9.79. The van der Waals surface area contributed by atoms with Crippen LogP contribution in [0.2, 0.25) is 6.32 Å². The number of hydrogen-bond acceptors (Lipinski definition) is 2. The molecule has 0 amide bonds. The molecule has 0 fully saturated rings. The first-order valence-corrected chi connectivity index (χ1v) is 6.91. The molecule has 1 aliphatic rings. The predicted octanol–water partition coefficient (Wildman–Crippen LogP) is 4.28. The Bertz CT molecular complexity index is 273. The van der Waals surface area contributed by atoms with E-state index in [9.17, 15) is 0 Å². The van der Waals surface area contributed by atoms with Gasteiger partial charge in [-0.25, -0.2) is 0 Å². The third-order valence-corrected chi connectivity index (χ3v) is 2.91. The van der Waals surface area contributed by atoms with Crippen molar-refractivity contribution >= 4 is 7.12 Å². The number of rotatable bonds is 5. The van der Waals surface area contributed by atoms with Crippen LogP contribution in [0, 0.1) is 11.8 Å². The summed E-state index contributed by atoms with van der Waals surface area (Å²) in [5.74, 6) is 2.37. The minimum absolute atomic E-state index is 0.0718. The van der Waals surface area contributed by atoms with Crippen LogP contribution in [-0.2, 0) is 9.31 Å². The predicted molar refractivity (Wildman–Crippen MR) is 73.8 cm³/mol. The molecule has 0 aromatic rings. The summed E-state index contributed by atoms with van der Waals surface area (Å²) in [6.07, 6.45) is 5.16. The standard InChI is InChI=1S/C14H27BO2/c1-7-15-16-13(8-11(2)3)10-14(6,17-15)9-12(4)5/h10-12H,7-9H2,1-6H3. The molecule has 1 aliphatic heterocycles. The van der Waals surface area contributed by atoms with Crippen LogP contribution in [-0.4, -0.2) is 12.7 Å². The van der Waals surface area contributed by atoms with Crippen molar-refractivity contribution in [2.45, 2.75) is 66.3 Å². The van der Waals surface area contributed by atoms with Crippen LogP contribution in [0.4, 0.5) is 0 Å². The van der Waals surface area contributed by atoms with E-state index in [-0.39, 0.29) is 12.7 Å². The van der Waals surface area contributed by atoms with Gasteiger partial charge in [-0.3, -0.25) is 0 Å². The molecule has 1 rings (SSSR count). The minimum Gasteiger partial charge on any atom is -0.539 e. The number of allylic oxidation sites excluding steroid dienone is 1. The average Bonchev–Trinajstić information content (AvgIpc) is 2.13. The molecule has 98 valence electrons. The average molecular weight is 238 g/mol. The van der Waals surface area contributed by atoms with Crippen LogP contribution < -0.4 is 0 Å². The molecule has 0 aromatic carbocycles. The molecule has 3 heteroatoms. The van der Waals surface area contributed by atoms with Gasteiger partial charge < -0.3 is 9.31 Å². The van der Waals surface area contributed by atoms with Gasteiger partial charge in [0.25, 0.3) is 0 Å². The molecule has 0 radical (unpaired) electrons. The van der Waals surface area contributed by atoms with Crippen molar-refractivity contribution in [2.24, 2.45) is 11.8 Å². The Labute approximate surface area is 107 Å². The monoisotopic (exact) mass is 238 g/mol. The molecule has 0 N–H and O–H groups in total. The topological polar surface area (TPSA) is 18.5 Å². The van der Waals surface area contributed by atoms with Crippen molar-refractivity contribution in [1.29, 1.82) is 0 Å². The second-order valence-electron chi connectivity index (χ2n) is 6.19. The zero-order valence-corrected chi connectivity index (χ0v) is 12.2. The van der Waals surface area contributed by atoms with Gasteiger partial charge in [-0.2, -0.15) is 0 Å². The Morgan fingerprint density at radius 2 is 1.88 bits per heavy atom. The summed E-state index contributed by atoms with van der Waals surface area (Å²) in [5.41, 5.74) is -0.155. The van der Waals surface area contributed by atoms with Gasteiger partial charge in [0.1, 0.15) is 0 Å². The van der Waals surface area contributed by atoms with Crippen molar-refractivity contribution in [2.75, 3.05) is 0 Å². The highest BCUT2D eigenvalue weighted by atomic mass is 16.6. The Hall–Kier alpha value is -0.435. The first-order valence-electron chi connectivity index (χ1n) is 6.91. The molecule has 0 spiro atoms. The highest BCUT2D eigenvalue weighted by molar-refractivity contribution is 6.45. The summed E-state index contributed by atoms with van der Waals surface area (Å²) in [4.78, 5) is 0. The SMILES string of the molecule is CCB1OC(CC(C)C)=CC(C)(CC(C)C)O1. The maximum Gasteiger partial charge on any atom is 0.525 e. The lowest BCUT2D eigenvalue weighted by Crippen LogP contribution is -2.41. The maximum absolute atomic E-state index is 6.05. The highest BCUT2D eigenvalue weighted by Gasteiger charge is 2.36. The molecule has 2 nitrogen and oxygen atoms in total. The van der Waals surface area contributed by atoms with E-state index in [0.29, 0.717) is 11.8 Å². The van der Waals surface area contributed by atoms with Gasteiger partial charge in [0.2, 0.25) is 0 Å². The molecular weight excluding hydrogens is 211 g/mol. The van der Waals surface area contributed by atoms with Crippen LogP contribution in [0.25, 0.3) is 0 Å². The Kier molecular flexibility index (Phi) is 5.12. The lowest BCUT2D eigenvalue weighted by molar-refractivity contribution is 0.0590. The fourth-order valence-corrected chi connectivity index (χ4v) is 2.50. The van der Waals surface area contributed by atoms with Crippen molar-refractivity contribution < 1.29 is 9.31 Å². The van der Waals surface area contributed by atoms with Gasteiger partial charge in [-0.1, -0.05) is 34.6 Å².